The Bertz CT molecular complexity index is 1040. The monoisotopic (exact) mass is 353 g/mol. The molecule has 1 atom stereocenters. The van der Waals surface area contributed by atoms with Crippen LogP contribution in [0.25, 0.3) is 20.8 Å². The third kappa shape index (κ3) is 3.31. The van der Waals surface area contributed by atoms with Crippen LogP contribution in [0.3, 0.4) is 0 Å². The van der Waals surface area contributed by atoms with Crippen LogP contribution in [0.4, 0.5) is 0 Å². The molecule has 0 amide bonds. The quantitative estimate of drug-likeness (QED) is 0.397. The average molecular weight is 353 g/mol. The fourth-order valence-electron chi connectivity index (χ4n) is 3.21. The maximum atomic E-state index is 12.7. The second-order valence-electron chi connectivity index (χ2n) is 6.88. The Morgan fingerprint density at radius 2 is 1.92 bits per heavy atom. The van der Waals surface area contributed by atoms with Crippen LogP contribution in [0.2, 0.25) is 0 Å². The van der Waals surface area contributed by atoms with E-state index in [1.54, 1.807) is 18.3 Å². The fourth-order valence-corrected chi connectivity index (χ4v) is 4.32. The minimum atomic E-state index is -0.364. The predicted molar refractivity (Wildman–Crippen MR) is 107 cm³/mol. The second-order valence-corrected chi connectivity index (χ2v) is 7.94. The lowest BCUT2D eigenvalue weighted by Crippen LogP contribution is -2.32. The first-order valence-corrected chi connectivity index (χ1v) is 9.43. The molecule has 25 heavy (non-hydrogen) atoms. The molecule has 4 heteroatoms. The maximum absolute atomic E-state index is 12.7. The number of aromatic nitrogens is 1. The van der Waals surface area contributed by atoms with E-state index in [0.29, 0.717) is 11.1 Å². The number of aromatic amines is 1. The Morgan fingerprint density at radius 1 is 1.20 bits per heavy atom. The summed E-state index contributed by atoms with van der Waals surface area (Å²) in [6, 6.07) is 8.00. The van der Waals surface area contributed by atoms with Crippen molar-refractivity contribution in [3.63, 3.8) is 0 Å². The van der Waals surface area contributed by atoms with Crippen LogP contribution in [-0.2, 0) is 0 Å². The molecule has 3 nitrogen and oxygen atoms in total. The second kappa shape index (κ2) is 6.96. The minimum Gasteiger partial charge on any atom is -0.353 e. The number of fused-ring (bicyclic) bond motifs is 2. The largest absolute Gasteiger partial charge is 0.353 e. The van der Waals surface area contributed by atoms with E-state index >= 15 is 0 Å². The van der Waals surface area contributed by atoms with Gasteiger partial charge >= 0.3 is 0 Å². The summed E-state index contributed by atoms with van der Waals surface area (Å²) in [5.74, 6) is 0.0310. The van der Waals surface area contributed by atoms with E-state index in [0.717, 1.165) is 33.6 Å². The molecule has 0 spiro atoms. The fraction of sp³-hybridized carbons (Fsp3) is 0.333. The van der Waals surface area contributed by atoms with Crippen LogP contribution in [0, 0.1) is 6.92 Å². The SMILES string of the molecule is CC(C)=CCCC(C)c1c2[nH]c3ccccc3sc-2c(C)c(=O)c1=O. The molecule has 1 unspecified atom stereocenters. The van der Waals surface area contributed by atoms with Gasteiger partial charge in [-0.05, 0) is 51.7 Å². The molecule has 0 radical (unpaired) electrons. The van der Waals surface area contributed by atoms with E-state index in [1.165, 1.54) is 5.57 Å². The summed E-state index contributed by atoms with van der Waals surface area (Å²) in [6.45, 7) is 7.94. The molecule has 1 N–H and O–H groups in total. The number of para-hydroxylation sites is 1. The molecular weight excluding hydrogens is 330 g/mol. The van der Waals surface area contributed by atoms with Crippen LogP contribution in [0.5, 0.6) is 0 Å². The molecule has 1 aliphatic carbocycles. The third-order valence-corrected chi connectivity index (χ3v) is 5.92. The van der Waals surface area contributed by atoms with E-state index in [4.69, 9.17) is 0 Å². The molecule has 130 valence electrons. The number of rotatable bonds is 4. The van der Waals surface area contributed by atoms with Crippen LogP contribution in [-0.4, -0.2) is 4.98 Å². The molecule has 1 aromatic carbocycles. The van der Waals surface area contributed by atoms with Gasteiger partial charge in [0.1, 0.15) is 0 Å². The zero-order valence-electron chi connectivity index (χ0n) is 15.1. The van der Waals surface area contributed by atoms with E-state index in [-0.39, 0.29) is 16.8 Å². The van der Waals surface area contributed by atoms with Crippen molar-refractivity contribution in [3.8, 4) is 10.6 Å². The van der Waals surface area contributed by atoms with Gasteiger partial charge in [0.2, 0.25) is 10.9 Å². The van der Waals surface area contributed by atoms with E-state index < -0.39 is 0 Å². The first-order valence-electron chi connectivity index (χ1n) is 8.62. The number of hydrogen-bond acceptors (Lipinski definition) is 3. The smallest absolute Gasteiger partial charge is 0.231 e. The topological polar surface area (TPSA) is 49.9 Å². The summed E-state index contributed by atoms with van der Waals surface area (Å²) < 4.78 is 1.08. The van der Waals surface area contributed by atoms with Gasteiger partial charge in [-0.2, -0.15) is 0 Å². The highest BCUT2D eigenvalue weighted by atomic mass is 32.1. The van der Waals surface area contributed by atoms with Gasteiger partial charge < -0.3 is 4.98 Å². The summed E-state index contributed by atoms with van der Waals surface area (Å²) in [7, 11) is 0. The molecule has 0 fully saturated rings. The van der Waals surface area contributed by atoms with Crippen molar-refractivity contribution in [1.82, 2.24) is 4.98 Å². The maximum Gasteiger partial charge on any atom is 0.231 e. The zero-order chi connectivity index (χ0) is 18.1. The first-order chi connectivity index (χ1) is 11.9. The number of allylic oxidation sites excluding steroid dienone is 2. The number of H-pyrrole nitrogens is 1. The van der Waals surface area contributed by atoms with Crippen LogP contribution >= 0.6 is 11.3 Å². The molecule has 2 aliphatic rings. The average Bonchev–Trinajstić information content (AvgIpc) is 2.58. The molecular formula is C21H23NO2S. The number of nitrogens with one attached hydrogen (secondary N) is 1. The van der Waals surface area contributed by atoms with Gasteiger partial charge in [0, 0.05) is 11.1 Å². The molecule has 0 saturated heterocycles. The standard InChI is InChI=1S/C21H23NO2S/c1-12(2)8-7-9-13(3)17-18-21(14(4)19(23)20(17)24)25-16-11-6-5-10-15(16)22-18/h5-6,8,10-11,13,22H,7,9H2,1-4H3. The highest BCUT2D eigenvalue weighted by Gasteiger charge is 2.24. The molecule has 1 aromatic rings. The summed E-state index contributed by atoms with van der Waals surface area (Å²) in [4.78, 5) is 29.5. The zero-order valence-corrected chi connectivity index (χ0v) is 15.9. The minimum absolute atomic E-state index is 0.0310. The summed E-state index contributed by atoms with van der Waals surface area (Å²) in [5, 5.41) is 0. The van der Waals surface area contributed by atoms with E-state index in [1.807, 2.05) is 31.2 Å². The van der Waals surface area contributed by atoms with Crippen LogP contribution in [0.15, 0.2) is 45.5 Å². The van der Waals surface area contributed by atoms with Crippen molar-refractivity contribution in [1.29, 1.82) is 0 Å². The van der Waals surface area contributed by atoms with Crippen molar-refractivity contribution in [2.45, 2.75) is 46.5 Å². The van der Waals surface area contributed by atoms with Crippen molar-refractivity contribution in [2.24, 2.45) is 0 Å². The lowest BCUT2D eigenvalue weighted by molar-refractivity contribution is 0.683. The van der Waals surface area contributed by atoms with Crippen LogP contribution in [0.1, 0.15) is 50.7 Å². The first kappa shape index (κ1) is 17.6. The Morgan fingerprint density at radius 3 is 2.64 bits per heavy atom. The van der Waals surface area contributed by atoms with Gasteiger partial charge in [-0.3, -0.25) is 9.59 Å². The molecule has 1 heterocycles. The molecule has 0 aromatic heterocycles. The van der Waals surface area contributed by atoms with E-state index in [9.17, 15) is 9.59 Å². The highest BCUT2D eigenvalue weighted by molar-refractivity contribution is 7.21. The molecule has 3 rings (SSSR count). The Balaban J connectivity index is 2.23. The van der Waals surface area contributed by atoms with E-state index in [2.05, 4.69) is 24.9 Å². The Labute approximate surface area is 151 Å². The number of hydrogen-bond donors (Lipinski definition) is 1. The van der Waals surface area contributed by atoms with Gasteiger partial charge in [-0.15, -0.1) is 11.3 Å². The van der Waals surface area contributed by atoms with Gasteiger partial charge in [0.15, 0.2) is 0 Å². The lowest BCUT2D eigenvalue weighted by Gasteiger charge is -2.18. The molecule has 1 aliphatic heterocycles. The van der Waals surface area contributed by atoms with Gasteiger partial charge in [-0.1, -0.05) is 30.7 Å². The molecule has 0 saturated carbocycles. The number of benzene rings is 2. The van der Waals surface area contributed by atoms with Crippen molar-refractivity contribution in [2.75, 3.05) is 0 Å². The van der Waals surface area contributed by atoms with Gasteiger partial charge in [0.25, 0.3) is 0 Å². The van der Waals surface area contributed by atoms with Crippen molar-refractivity contribution >= 4 is 21.6 Å². The highest BCUT2D eigenvalue weighted by Crippen LogP contribution is 2.36. The lowest BCUT2D eigenvalue weighted by atomic mass is 9.91. The summed E-state index contributed by atoms with van der Waals surface area (Å²) in [6.07, 6.45) is 3.93. The summed E-state index contributed by atoms with van der Waals surface area (Å²) in [5.41, 5.74) is 3.56. The summed E-state index contributed by atoms with van der Waals surface area (Å²) >= 11 is 1.58. The Kier molecular flexibility index (Phi) is 4.91. The normalized spacial score (nSPS) is 12.5. The Hall–Kier alpha value is -2.20. The van der Waals surface area contributed by atoms with Gasteiger partial charge in [0.05, 0.1) is 20.8 Å². The van der Waals surface area contributed by atoms with Crippen molar-refractivity contribution in [3.05, 3.63) is 67.5 Å². The van der Waals surface area contributed by atoms with Crippen molar-refractivity contribution < 1.29 is 0 Å². The van der Waals surface area contributed by atoms with Gasteiger partial charge in [-0.25, -0.2) is 0 Å². The molecule has 0 bridgehead atoms. The predicted octanol–water partition coefficient (Wildman–Crippen LogP) is 5.21. The van der Waals surface area contributed by atoms with Crippen LogP contribution < -0.4 is 10.9 Å². The third-order valence-electron chi connectivity index (χ3n) is 4.63.